The summed E-state index contributed by atoms with van der Waals surface area (Å²) in [5, 5.41) is 1.83. The van der Waals surface area contributed by atoms with Crippen molar-refractivity contribution in [2.75, 3.05) is 6.26 Å². The van der Waals surface area contributed by atoms with Gasteiger partial charge in [-0.3, -0.25) is 4.79 Å². The van der Waals surface area contributed by atoms with Gasteiger partial charge >= 0.3 is 0 Å². The Morgan fingerprint density at radius 2 is 1.48 bits per heavy atom. The molecule has 1 N–H and O–H groups in total. The number of thioether (sulfide) groups is 1. The number of hydrogen-bond donors (Lipinski definition) is 1. The van der Waals surface area contributed by atoms with Crippen molar-refractivity contribution in [3.05, 3.63) is 113 Å². The third-order valence-electron chi connectivity index (χ3n) is 5.41. The standard InChI is InChI=1S/C26H22ClNO3S2/c1-32-26(25(29)21-12-11-18-7-5-6-8-20(18)17-21)24(19-13-15-22(27)16-14-19)28-33(30,31)23-9-3-2-4-10-23/h2-17,24,26,28H,1H3/t24-,26-/m1/s1. The molecule has 0 spiro atoms. The van der Waals surface area contributed by atoms with Crippen molar-refractivity contribution in [2.45, 2.75) is 16.2 Å². The number of Topliss-reactive ketones (excluding diaryl/α,β-unsaturated/α-hetero) is 1. The number of nitrogens with one attached hydrogen (secondary N) is 1. The number of sulfonamides is 1. The second-order valence-corrected chi connectivity index (χ2v) is 10.7. The highest BCUT2D eigenvalue weighted by atomic mass is 35.5. The number of carbonyl (C=O) groups is 1. The van der Waals surface area contributed by atoms with E-state index in [9.17, 15) is 13.2 Å². The lowest BCUT2D eigenvalue weighted by atomic mass is 9.96. The van der Waals surface area contributed by atoms with Crippen LogP contribution in [0.2, 0.25) is 5.02 Å². The van der Waals surface area contributed by atoms with Crippen molar-refractivity contribution in [3.63, 3.8) is 0 Å². The lowest BCUT2D eigenvalue weighted by Gasteiger charge is -2.26. The molecular weight excluding hydrogens is 474 g/mol. The van der Waals surface area contributed by atoms with Gasteiger partial charge in [-0.2, -0.15) is 11.8 Å². The third-order valence-corrected chi connectivity index (χ3v) is 8.12. The molecule has 0 unspecified atom stereocenters. The minimum absolute atomic E-state index is 0.141. The van der Waals surface area contributed by atoms with Crippen LogP contribution >= 0.6 is 23.4 Å². The van der Waals surface area contributed by atoms with Crippen LogP contribution < -0.4 is 4.72 Å². The summed E-state index contributed by atoms with van der Waals surface area (Å²) in [5.41, 5.74) is 1.19. The van der Waals surface area contributed by atoms with Crippen molar-refractivity contribution < 1.29 is 13.2 Å². The van der Waals surface area contributed by atoms with Crippen LogP contribution in [0.5, 0.6) is 0 Å². The number of halogens is 1. The maximum atomic E-state index is 13.6. The molecule has 7 heteroatoms. The highest BCUT2D eigenvalue weighted by Gasteiger charge is 2.33. The van der Waals surface area contributed by atoms with Crippen LogP contribution in [0.4, 0.5) is 0 Å². The van der Waals surface area contributed by atoms with Crippen molar-refractivity contribution in [1.29, 1.82) is 0 Å². The Hall–Kier alpha value is -2.64. The van der Waals surface area contributed by atoms with Crippen molar-refractivity contribution in [3.8, 4) is 0 Å². The molecule has 0 aromatic heterocycles. The number of carbonyl (C=O) groups excluding carboxylic acids is 1. The SMILES string of the molecule is CS[C@@H](C(=O)c1ccc2ccccc2c1)[C@H](NS(=O)(=O)c1ccccc1)c1ccc(Cl)cc1. The van der Waals surface area contributed by atoms with E-state index in [1.54, 1.807) is 48.5 Å². The number of hydrogen-bond acceptors (Lipinski definition) is 4. The number of benzene rings is 4. The molecular formula is C26H22ClNO3S2. The maximum absolute atomic E-state index is 13.6. The Labute approximate surface area is 203 Å². The quantitative estimate of drug-likeness (QED) is 0.299. The fourth-order valence-electron chi connectivity index (χ4n) is 3.71. The van der Waals surface area contributed by atoms with E-state index >= 15 is 0 Å². The van der Waals surface area contributed by atoms with E-state index in [0.717, 1.165) is 10.8 Å². The average molecular weight is 496 g/mol. The van der Waals surface area contributed by atoms with Crippen LogP contribution in [0.1, 0.15) is 22.0 Å². The molecule has 33 heavy (non-hydrogen) atoms. The number of ketones is 1. The predicted octanol–water partition coefficient (Wildman–Crippen LogP) is 6.13. The first kappa shape index (κ1) is 23.5. The second kappa shape index (κ2) is 10.1. The van der Waals surface area contributed by atoms with Gasteiger partial charge in [0.2, 0.25) is 10.0 Å². The van der Waals surface area contributed by atoms with Gasteiger partial charge < -0.3 is 0 Å². The van der Waals surface area contributed by atoms with E-state index in [1.165, 1.54) is 23.9 Å². The molecule has 0 fully saturated rings. The van der Waals surface area contributed by atoms with E-state index in [2.05, 4.69) is 4.72 Å². The fourth-order valence-corrected chi connectivity index (χ4v) is 6.03. The topological polar surface area (TPSA) is 63.2 Å². The van der Waals surface area contributed by atoms with E-state index < -0.39 is 21.3 Å². The smallest absolute Gasteiger partial charge is 0.241 e. The zero-order valence-corrected chi connectivity index (χ0v) is 20.2. The molecule has 0 saturated carbocycles. The Morgan fingerprint density at radius 3 is 2.15 bits per heavy atom. The molecule has 2 atom stereocenters. The van der Waals surface area contributed by atoms with Crippen molar-refractivity contribution in [1.82, 2.24) is 4.72 Å². The van der Waals surface area contributed by atoms with E-state index in [-0.39, 0.29) is 10.7 Å². The summed E-state index contributed by atoms with van der Waals surface area (Å²) in [4.78, 5) is 13.8. The van der Waals surface area contributed by atoms with Crippen molar-refractivity contribution in [2.24, 2.45) is 0 Å². The average Bonchev–Trinajstić information content (AvgIpc) is 2.84. The van der Waals surface area contributed by atoms with Gasteiger partial charge in [-0.1, -0.05) is 78.3 Å². The summed E-state index contributed by atoms with van der Waals surface area (Å²) in [7, 11) is -3.87. The van der Waals surface area contributed by atoms with Crippen molar-refractivity contribution >= 4 is 49.9 Å². The first-order valence-corrected chi connectivity index (χ1v) is 13.4. The Bertz CT molecular complexity index is 1370. The molecule has 0 aliphatic carbocycles. The monoisotopic (exact) mass is 495 g/mol. The van der Waals surface area contributed by atoms with Crippen LogP contribution in [0.15, 0.2) is 102 Å². The molecule has 0 aliphatic heterocycles. The zero-order chi connectivity index (χ0) is 23.4. The van der Waals surface area contributed by atoms with Gasteiger partial charge in [0.05, 0.1) is 16.2 Å². The molecule has 0 aliphatic rings. The highest BCUT2D eigenvalue weighted by Crippen LogP contribution is 2.31. The molecule has 4 nitrogen and oxygen atoms in total. The second-order valence-electron chi connectivity index (χ2n) is 7.55. The van der Waals surface area contributed by atoms with Crippen LogP contribution in [0.25, 0.3) is 10.8 Å². The largest absolute Gasteiger partial charge is 0.293 e. The van der Waals surface area contributed by atoms with Gasteiger partial charge in [-0.25, -0.2) is 13.1 Å². The summed E-state index contributed by atoms with van der Waals surface area (Å²) < 4.78 is 29.1. The molecule has 4 aromatic rings. The Balaban J connectivity index is 1.75. The zero-order valence-electron chi connectivity index (χ0n) is 17.8. The molecule has 4 aromatic carbocycles. The van der Waals surface area contributed by atoms with E-state index in [0.29, 0.717) is 16.1 Å². The van der Waals surface area contributed by atoms with Gasteiger partial charge in [0, 0.05) is 10.6 Å². The maximum Gasteiger partial charge on any atom is 0.241 e. The molecule has 0 bridgehead atoms. The van der Waals surface area contributed by atoms with Crippen LogP contribution in [0.3, 0.4) is 0 Å². The summed E-state index contributed by atoms with van der Waals surface area (Å²) in [6, 6.07) is 27.6. The van der Waals surface area contributed by atoms with Crippen LogP contribution in [0, 0.1) is 0 Å². The molecule has 0 amide bonds. The minimum atomic E-state index is -3.87. The fraction of sp³-hybridized carbons (Fsp3) is 0.115. The molecule has 168 valence electrons. The van der Waals surface area contributed by atoms with E-state index in [4.69, 9.17) is 11.6 Å². The number of fused-ring (bicyclic) bond motifs is 1. The minimum Gasteiger partial charge on any atom is -0.293 e. The molecule has 0 radical (unpaired) electrons. The molecule has 0 saturated heterocycles. The van der Waals surface area contributed by atoms with Crippen LogP contribution in [-0.2, 0) is 10.0 Å². The van der Waals surface area contributed by atoms with Gasteiger partial charge in [0.25, 0.3) is 0 Å². The molecule has 4 rings (SSSR count). The van der Waals surface area contributed by atoms with Gasteiger partial charge in [-0.05, 0) is 52.9 Å². The lowest BCUT2D eigenvalue weighted by molar-refractivity contribution is 0.0980. The Kier molecular flexibility index (Phi) is 7.20. The van der Waals surface area contributed by atoms with Gasteiger partial charge in [0.15, 0.2) is 5.78 Å². The summed E-state index contributed by atoms with van der Waals surface area (Å²) in [5.74, 6) is -0.149. The number of rotatable bonds is 8. The van der Waals surface area contributed by atoms with Gasteiger partial charge in [0.1, 0.15) is 0 Å². The van der Waals surface area contributed by atoms with Gasteiger partial charge in [-0.15, -0.1) is 0 Å². The lowest BCUT2D eigenvalue weighted by Crippen LogP contribution is -2.38. The predicted molar refractivity (Wildman–Crippen MR) is 137 cm³/mol. The third kappa shape index (κ3) is 5.31. The summed E-state index contributed by atoms with van der Waals surface area (Å²) >= 11 is 7.37. The first-order valence-electron chi connectivity index (χ1n) is 10.3. The first-order chi connectivity index (χ1) is 15.9. The van der Waals surface area contributed by atoms with E-state index in [1.807, 2.05) is 42.7 Å². The molecule has 0 heterocycles. The summed E-state index contributed by atoms with van der Waals surface area (Å²) in [6.07, 6.45) is 1.81. The highest BCUT2D eigenvalue weighted by molar-refractivity contribution is 8.00. The summed E-state index contributed by atoms with van der Waals surface area (Å²) in [6.45, 7) is 0. The Morgan fingerprint density at radius 1 is 0.848 bits per heavy atom. The normalized spacial score (nSPS) is 13.5. The van der Waals surface area contributed by atoms with Crippen LogP contribution in [-0.4, -0.2) is 25.7 Å².